The van der Waals surface area contributed by atoms with Crippen LogP contribution in [0.1, 0.15) is 90.4 Å². The SMILES string of the molecule is CC(C=O)CCCCCCCCCCCCC[C@@H](O)[C@@H](N)CO. The Balaban J connectivity index is 3.15. The lowest BCUT2D eigenvalue weighted by Gasteiger charge is -2.15. The molecule has 0 bridgehead atoms. The molecular weight excluding hydrogens is 290 g/mol. The first kappa shape index (κ1) is 22.6. The van der Waals surface area contributed by atoms with E-state index in [0.717, 1.165) is 25.5 Å². The highest BCUT2D eigenvalue weighted by molar-refractivity contribution is 5.52. The van der Waals surface area contributed by atoms with Crippen molar-refractivity contribution < 1.29 is 15.0 Å². The molecule has 1 unspecified atom stereocenters. The predicted octanol–water partition coefficient (Wildman–Crippen LogP) is 3.57. The van der Waals surface area contributed by atoms with Crippen molar-refractivity contribution in [1.82, 2.24) is 0 Å². The highest BCUT2D eigenvalue weighted by Gasteiger charge is 2.12. The number of aliphatic hydroxyl groups is 2. The lowest BCUT2D eigenvalue weighted by Crippen LogP contribution is -2.37. The zero-order chi connectivity index (χ0) is 17.3. The Morgan fingerprint density at radius 2 is 1.22 bits per heavy atom. The van der Waals surface area contributed by atoms with Crippen LogP contribution in [0.3, 0.4) is 0 Å². The zero-order valence-electron chi connectivity index (χ0n) is 15.1. The van der Waals surface area contributed by atoms with Crippen LogP contribution in [-0.2, 0) is 4.79 Å². The number of carbonyl (C=O) groups excluding carboxylic acids is 1. The van der Waals surface area contributed by atoms with Crippen molar-refractivity contribution in [2.75, 3.05) is 6.61 Å². The van der Waals surface area contributed by atoms with E-state index < -0.39 is 12.1 Å². The second-order valence-corrected chi connectivity index (χ2v) is 6.99. The average Bonchev–Trinajstić information content (AvgIpc) is 2.57. The van der Waals surface area contributed by atoms with E-state index in [1.165, 1.54) is 57.8 Å². The molecule has 0 aromatic rings. The molecule has 0 spiro atoms. The number of rotatable bonds is 17. The summed E-state index contributed by atoms with van der Waals surface area (Å²) in [4.78, 5) is 10.5. The van der Waals surface area contributed by atoms with E-state index in [1.807, 2.05) is 6.92 Å². The van der Waals surface area contributed by atoms with Gasteiger partial charge in [0.2, 0.25) is 0 Å². The first-order valence-corrected chi connectivity index (χ1v) is 9.61. The number of hydrogen-bond donors (Lipinski definition) is 3. The standard InChI is InChI=1S/C19H39NO3/c1-17(15-21)13-11-9-7-5-3-2-4-6-8-10-12-14-19(23)18(20)16-22/h15,17-19,22-23H,2-14,16,20H2,1H3/t17?,18-,19+/m0/s1. The van der Waals surface area contributed by atoms with Gasteiger partial charge in [-0.05, 0) is 12.8 Å². The summed E-state index contributed by atoms with van der Waals surface area (Å²) >= 11 is 0. The minimum atomic E-state index is -0.561. The van der Waals surface area contributed by atoms with Crippen molar-refractivity contribution in [2.45, 2.75) is 103 Å². The molecule has 4 N–H and O–H groups in total. The van der Waals surface area contributed by atoms with E-state index in [9.17, 15) is 9.90 Å². The van der Waals surface area contributed by atoms with Gasteiger partial charge in [0.25, 0.3) is 0 Å². The summed E-state index contributed by atoms with van der Waals surface area (Å²) in [6.45, 7) is 1.85. The number of nitrogens with two attached hydrogens (primary N) is 1. The third kappa shape index (κ3) is 14.9. The Hall–Kier alpha value is -0.450. The van der Waals surface area contributed by atoms with Crippen LogP contribution in [0.4, 0.5) is 0 Å². The van der Waals surface area contributed by atoms with Gasteiger partial charge in [-0.2, -0.15) is 0 Å². The Kier molecular flexibility index (Phi) is 16.1. The molecule has 0 radical (unpaired) electrons. The summed E-state index contributed by atoms with van der Waals surface area (Å²) in [5.74, 6) is 0.232. The molecule has 0 fully saturated rings. The highest BCUT2D eigenvalue weighted by atomic mass is 16.3. The molecule has 4 heteroatoms. The van der Waals surface area contributed by atoms with Crippen molar-refractivity contribution in [3.05, 3.63) is 0 Å². The van der Waals surface area contributed by atoms with Gasteiger partial charge >= 0.3 is 0 Å². The molecule has 3 atom stereocenters. The maximum atomic E-state index is 10.5. The molecule has 23 heavy (non-hydrogen) atoms. The van der Waals surface area contributed by atoms with Crippen molar-refractivity contribution in [3.63, 3.8) is 0 Å². The number of hydrogen-bond acceptors (Lipinski definition) is 4. The summed E-state index contributed by atoms with van der Waals surface area (Å²) in [5, 5.41) is 18.5. The molecule has 0 aromatic carbocycles. The predicted molar refractivity (Wildman–Crippen MR) is 96.3 cm³/mol. The van der Waals surface area contributed by atoms with Crippen molar-refractivity contribution in [3.8, 4) is 0 Å². The fraction of sp³-hybridized carbons (Fsp3) is 0.947. The first-order valence-electron chi connectivity index (χ1n) is 9.61. The van der Waals surface area contributed by atoms with Gasteiger partial charge < -0.3 is 20.7 Å². The van der Waals surface area contributed by atoms with Gasteiger partial charge in [0.05, 0.1) is 18.8 Å². The van der Waals surface area contributed by atoms with Crippen LogP contribution < -0.4 is 5.73 Å². The molecule has 0 heterocycles. The third-order valence-corrected chi connectivity index (χ3v) is 4.60. The van der Waals surface area contributed by atoms with Crippen LogP contribution in [0.2, 0.25) is 0 Å². The quantitative estimate of drug-likeness (QED) is 0.281. The number of aldehydes is 1. The van der Waals surface area contributed by atoms with Gasteiger partial charge in [-0.1, -0.05) is 77.6 Å². The Labute approximate surface area is 142 Å². The first-order chi connectivity index (χ1) is 11.1. The lowest BCUT2D eigenvalue weighted by molar-refractivity contribution is -0.110. The van der Waals surface area contributed by atoms with Crippen LogP contribution in [-0.4, -0.2) is 35.3 Å². The molecule has 0 aliphatic heterocycles. The number of carbonyl (C=O) groups is 1. The fourth-order valence-electron chi connectivity index (χ4n) is 2.81. The smallest absolute Gasteiger partial charge is 0.122 e. The van der Waals surface area contributed by atoms with Gasteiger partial charge in [-0.3, -0.25) is 0 Å². The minimum Gasteiger partial charge on any atom is -0.395 e. The second-order valence-electron chi connectivity index (χ2n) is 6.99. The molecular formula is C19H39NO3. The largest absolute Gasteiger partial charge is 0.395 e. The molecule has 0 aliphatic rings. The molecule has 138 valence electrons. The Morgan fingerprint density at radius 3 is 1.61 bits per heavy atom. The molecule has 0 rings (SSSR count). The third-order valence-electron chi connectivity index (χ3n) is 4.60. The second kappa shape index (κ2) is 16.4. The molecule has 4 nitrogen and oxygen atoms in total. The molecule has 0 saturated carbocycles. The normalized spacial score (nSPS) is 15.3. The maximum absolute atomic E-state index is 10.5. The van der Waals surface area contributed by atoms with Crippen LogP contribution >= 0.6 is 0 Å². The summed E-state index contributed by atoms with van der Waals surface area (Å²) < 4.78 is 0. The lowest BCUT2D eigenvalue weighted by atomic mass is 10.0. The van der Waals surface area contributed by atoms with E-state index in [2.05, 4.69) is 0 Å². The van der Waals surface area contributed by atoms with Crippen molar-refractivity contribution >= 4 is 6.29 Å². The summed E-state index contributed by atoms with van der Waals surface area (Å²) in [5.41, 5.74) is 5.56. The maximum Gasteiger partial charge on any atom is 0.122 e. The van der Waals surface area contributed by atoms with E-state index in [1.54, 1.807) is 0 Å². The van der Waals surface area contributed by atoms with Crippen LogP contribution in [0.25, 0.3) is 0 Å². The molecule has 0 amide bonds. The topological polar surface area (TPSA) is 83.5 Å². The minimum absolute atomic E-state index is 0.142. The monoisotopic (exact) mass is 329 g/mol. The van der Waals surface area contributed by atoms with Gasteiger partial charge in [0.15, 0.2) is 0 Å². The number of unbranched alkanes of at least 4 members (excludes halogenated alkanes) is 10. The van der Waals surface area contributed by atoms with E-state index in [4.69, 9.17) is 10.8 Å². The zero-order valence-corrected chi connectivity index (χ0v) is 15.1. The number of aliphatic hydroxyl groups excluding tert-OH is 2. The van der Waals surface area contributed by atoms with Crippen molar-refractivity contribution in [2.24, 2.45) is 11.7 Å². The molecule has 0 aliphatic carbocycles. The van der Waals surface area contributed by atoms with Gasteiger partial charge in [0.1, 0.15) is 6.29 Å². The highest BCUT2D eigenvalue weighted by Crippen LogP contribution is 2.14. The van der Waals surface area contributed by atoms with Crippen LogP contribution in [0.15, 0.2) is 0 Å². The summed E-state index contributed by atoms with van der Waals surface area (Å²) in [6, 6.07) is -0.489. The fourth-order valence-corrected chi connectivity index (χ4v) is 2.81. The average molecular weight is 330 g/mol. The molecule has 0 saturated heterocycles. The van der Waals surface area contributed by atoms with Gasteiger partial charge in [0, 0.05) is 5.92 Å². The van der Waals surface area contributed by atoms with Crippen LogP contribution in [0, 0.1) is 5.92 Å². The van der Waals surface area contributed by atoms with E-state index in [0.29, 0.717) is 6.42 Å². The summed E-state index contributed by atoms with van der Waals surface area (Å²) in [6.07, 6.45) is 15.9. The Morgan fingerprint density at radius 1 is 0.826 bits per heavy atom. The Bertz CT molecular complexity index is 261. The van der Waals surface area contributed by atoms with Gasteiger partial charge in [-0.15, -0.1) is 0 Å². The van der Waals surface area contributed by atoms with Crippen LogP contribution in [0.5, 0.6) is 0 Å². The van der Waals surface area contributed by atoms with Crippen molar-refractivity contribution in [1.29, 1.82) is 0 Å². The molecule has 0 aromatic heterocycles. The van der Waals surface area contributed by atoms with E-state index in [-0.39, 0.29) is 12.5 Å². The summed E-state index contributed by atoms with van der Waals surface area (Å²) in [7, 11) is 0. The van der Waals surface area contributed by atoms with Gasteiger partial charge in [-0.25, -0.2) is 0 Å². The van der Waals surface area contributed by atoms with E-state index >= 15 is 0 Å².